The fourth-order valence-corrected chi connectivity index (χ4v) is 2.68. The second-order valence-electron chi connectivity index (χ2n) is 5.36. The molecule has 2 heteroatoms. The van der Waals surface area contributed by atoms with Gasteiger partial charge in [0.05, 0.1) is 13.2 Å². The molecule has 2 atom stereocenters. The maximum atomic E-state index is 4.61. The molecule has 0 radical (unpaired) electrons. The van der Waals surface area contributed by atoms with E-state index in [0.717, 1.165) is 17.4 Å². The number of fused-ring (bicyclic) bond motifs is 1. The van der Waals surface area contributed by atoms with E-state index in [4.69, 9.17) is 0 Å². The lowest BCUT2D eigenvalue weighted by atomic mass is 9.96. The van der Waals surface area contributed by atoms with Crippen molar-refractivity contribution in [1.82, 2.24) is 0 Å². The van der Waals surface area contributed by atoms with Crippen LogP contribution in [0.1, 0.15) is 40.0 Å². The molecule has 0 amide bonds. The summed E-state index contributed by atoms with van der Waals surface area (Å²) < 4.78 is 0.937. The molecule has 16 heavy (non-hydrogen) atoms. The lowest BCUT2D eigenvalue weighted by Crippen LogP contribution is -2.47. The molecule has 0 spiro atoms. The zero-order valence-electron chi connectivity index (χ0n) is 11.0. The number of allylic oxidation sites excluding steroid dienone is 2. The molecule has 0 aliphatic carbocycles. The molecule has 0 aromatic carbocycles. The Bertz CT molecular complexity index is 376. The standard InChI is InChI=1S/C14H23N2/c1-5-13-8-11(2)6-7-14-15-9-12(3)16(14,4)10-13/h8-9,11H,5-7,10H2,1-4H3/q+1/b13-8-. The van der Waals surface area contributed by atoms with Crippen molar-refractivity contribution in [2.75, 3.05) is 13.6 Å². The predicted molar refractivity (Wildman–Crippen MR) is 69.0 cm³/mol. The van der Waals surface area contributed by atoms with Gasteiger partial charge in [0.15, 0.2) is 0 Å². The average Bonchev–Trinajstić information content (AvgIpc) is 2.50. The number of hydrogen-bond acceptors (Lipinski definition) is 1. The topological polar surface area (TPSA) is 12.4 Å². The molecule has 2 heterocycles. The number of aliphatic imine (C=N–C) groups is 1. The zero-order chi connectivity index (χ0) is 11.8. The highest BCUT2D eigenvalue weighted by Gasteiger charge is 2.37. The lowest BCUT2D eigenvalue weighted by molar-refractivity contribution is -0.774. The van der Waals surface area contributed by atoms with Gasteiger partial charge in [-0.1, -0.05) is 19.9 Å². The Morgan fingerprint density at radius 3 is 2.94 bits per heavy atom. The Morgan fingerprint density at radius 1 is 1.50 bits per heavy atom. The van der Waals surface area contributed by atoms with Crippen molar-refractivity contribution in [1.29, 1.82) is 0 Å². The predicted octanol–water partition coefficient (Wildman–Crippen LogP) is 3.47. The van der Waals surface area contributed by atoms with Crippen LogP contribution in [-0.2, 0) is 0 Å². The third kappa shape index (κ3) is 1.86. The Kier molecular flexibility index (Phi) is 3.02. The van der Waals surface area contributed by atoms with Crippen molar-refractivity contribution in [3.8, 4) is 0 Å². The minimum Gasteiger partial charge on any atom is -0.248 e. The van der Waals surface area contributed by atoms with E-state index >= 15 is 0 Å². The van der Waals surface area contributed by atoms with Crippen LogP contribution >= 0.6 is 0 Å². The molecule has 0 bridgehead atoms. The van der Waals surface area contributed by atoms with Crippen molar-refractivity contribution in [2.24, 2.45) is 10.9 Å². The molecule has 88 valence electrons. The van der Waals surface area contributed by atoms with Gasteiger partial charge in [-0.2, -0.15) is 0 Å². The second kappa shape index (κ2) is 4.17. The highest BCUT2D eigenvalue weighted by Crippen LogP contribution is 2.30. The van der Waals surface area contributed by atoms with E-state index in [1.807, 2.05) is 0 Å². The summed E-state index contributed by atoms with van der Waals surface area (Å²) in [5.74, 6) is 2.05. The van der Waals surface area contributed by atoms with Gasteiger partial charge >= 0.3 is 0 Å². The van der Waals surface area contributed by atoms with Gasteiger partial charge in [0.25, 0.3) is 0 Å². The molecule has 2 aliphatic heterocycles. The Hall–Kier alpha value is -0.890. The highest BCUT2D eigenvalue weighted by atomic mass is 15.4. The first kappa shape index (κ1) is 11.6. The molecule has 2 rings (SSSR count). The number of hydrogen-bond donors (Lipinski definition) is 0. The fraction of sp³-hybridized carbons (Fsp3) is 0.643. The van der Waals surface area contributed by atoms with Gasteiger partial charge in [-0.3, -0.25) is 0 Å². The molecule has 2 nitrogen and oxygen atoms in total. The first-order valence-electron chi connectivity index (χ1n) is 6.36. The SMILES string of the molecule is CC/C1=C/C(C)CCC2=NC=C(C)[N+]2(C)C1. The molecule has 2 unspecified atom stereocenters. The molecule has 2 aliphatic rings. The molecule has 0 N–H and O–H groups in total. The van der Waals surface area contributed by atoms with Crippen LogP contribution in [0, 0.1) is 5.92 Å². The van der Waals surface area contributed by atoms with E-state index < -0.39 is 0 Å². The van der Waals surface area contributed by atoms with Crippen molar-refractivity contribution < 1.29 is 4.48 Å². The van der Waals surface area contributed by atoms with E-state index in [-0.39, 0.29) is 0 Å². The maximum Gasteiger partial charge on any atom is 0.207 e. The first-order valence-corrected chi connectivity index (χ1v) is 6.36. The number of likely N-dealkylation sites (N-methyl/N-ethyl adjacent to an activating group) is 1. The van der Waals surface area contributed by atoms with Crippen LogP contribution in [0.5, 0.6) is 0 Å². The van der Waals surface area contributed by atoms with Crippen LogP contribution < -0.4 is 0 Å². The van der Waals surface area contributed by atoms with E-state index in [9.17, 15) is 0 Å². The quantitative estimate of drug-likeness (QED) is 0.473. The summed E-state index contributed by atoms with van der Waals surface area (Å²) in [5.41, 5.74) is 2.96. The normalized spacial score (nSPS) is 37.8. The molecule has 0 saturated carbocycles. The van der Waals surface area contributed by atoms with Gasteiger partial charge in [-0.25, -0.2) is 9.48 Å². The van der Waals surface area contributed by atoms with Crippen molar-refractivity contribution >= 4 is 5.84 Å². The summed E-state index contributed by atoms with van der Waals surface area (Å²) in [7, 11) is 2.30. The molecular weight excluding hydrogens is 196 g/mol. The third-order valence-corrected chi connectivity index (χ3v) is 4.07. The van der Waals surface area contributed by atoms with Gasteiger partial charge < -0.3 is 0 Å². The Balaban J connectivity index is 2.33. The summed E-state index contributed by atoms with van der Waals surface area (Å²) in [6.45, 7) is 7.90. The highest BCUT2D eigenvalue weighted by molar-refractivity contribution is 5.79. The maximum absolute atomic E-state index is 4.61. The Labute approximate surface area is 99.0 Å². The van der Waals surface area contributed by atoms with Crippen LogP contribution in [-0.4, -0.2) is 23.9 Å². The van der Waals surface area contributed by atoms with Crippen molar-refractivity contribution in [3.05, 3.63) is 23.5 Å². The summed E-state index contributed by atoms with van der Waals surface area (Å²) in [5, 5.41) is 0. The summed E-state index contributed by atoms with van der Waals surface area (Å²) in [6, 6.07) is 0. The van der Waals surface area contributed by atoms with Gasteiger partial charge in [0, 0.05) is 13.3 Å². The summed E-state index contributed by atoms with van der Waals surface area (Å²) in [6.07, 6.45) is 8.07. The fourth-order valence-electron chi connectivity index (χ4n) is 2.68. The third-order valence-electron chi connectivity index (χ3n) is 4.07. The minimum atomic E-state index is 0.701. The van der Waals surface area contributed by atoms with Crippen LogP contribution in [0.2, 0.25) is 0 Å². The average molecular weight is 219 g/mol. The smallest absolute Gasteiger partial charge is 0.207 e. The van der Waals surface area contributed by atoms with Crippen LogP contribution in [0.25, 0.3) is 0 Å². The molecular formula is C14H23N2+. The van der Waals surface area contributed by atoms with Crippen molar-refractivity contribution in [2.45, 2.75) is 40.0 Å². The van der Waals surface area contributed by atoms with Crippen LogP contribution in [0.15, 0.2) is 28.5 Å². The molecule has 0 fully saturated rings. The first-order chi connectivity index (χ1) is 7.56. The van der Waals surface area contributed by atoms with E-state index in [0.29, 0.717) is 5.92 Å². The van der Waals surface area contributed by atoms with E-state index in [1.54, 1.807) is 5.57 Å². The van der Waals surface area contributed by atoms with E-state index in [1.165, 1.54) is 24.4 Å². The minimum absolute atomic E-state index is 0.701. The largest absolute Gasteiger partial charge is 0.248 e. The summed E-state index contributed by atoms with van der Waals surface area (Å²) in [4.78, 5) is 4.61. The van der Waals surface area contributed by atoms with Crippen LogP contribution in [0.4, 0.5) is 0 Å². The zero-order valence-corrected chi connectivity index (χ0v) is 11.0. The number of amidine groups is 1. The van der Waals surface area contributed by atoms with Gasteiger partial charge in [-0.15, -0.1) is 0 Å². The Morgan fingerprint density at radius 2 is 2.25 bits per heavy atom. The van der Waals surface area contributed by atoms with Crippen LogP contribution in [0.3, 0.4) is 0 Å². The van der Waals surface area contributed by atoms with Gasteiger partial charge in [0.1, 0.15) is 12.2 Å². The van der Waals surface area contributed by atoms with Gasteiger partial charge in [-0.05, 0) is 24.3 Å². The molecule has 0 saturated heterocycles. The van der Waals surface area contributed by atoms with Gasteiger partial charge in [0.2, 0.25) is 5.84 Å². The number of rotatable bonds is 1. The number of quaternary nitrogens is 1. The lowest BCUT2D eigenvalue weighted by Gasteiger charge is -2.34. The summed E-state index contributed by atoms with van der Waals surface area (Å²) >= 11 is 0. The molecule has 0 aromatic heterocycles. The number of nitrogens with zero attached hydrogens (tertiary/aromatic N) is 2. The molecule has 0 aromatic rings. The van der Waals surface area contributed by atoms with E-state index in [2.05, 4.69) is 45.1 Å². The van der Waals surface area contributed by atoms with Crippen molar-refractivity contribution in [3.63, 3.8) is 0 Å². The monoisotopic (exact) mass is 219 g/mol. The second-order valence-corrected chi connectivity index (χ2v) is 5.36.